The van der Waals surface area contributed by atoms with E-state index in [2.05, 4.69) is 36.1 Å². The van der Waals surface area contributed by atoms with Crippen molar-refractivity contribution < 1.29 is 4.74 Å². The molecule has 5 heteroatoms. The molecule has 21 heavy (non-hydrogen) atoms. The predicted molar refractivity (Wildman–Crippen MR) is 88.9 cm³/mol. The highest BCUT2D eigenvalue weighted by atomic mass is 16.5. The van der Waals surface area contributed by atoms with Crippen LogP contribution in [-0.2, 0) is 6.42 Å². The van der Waals surface area contributed by atoms with Crippen molar-refractivity contribution in [3.8, 4) is 5.88 Å². The van der Waals surface area contributed by atoms with Gasteiger partial charge in [0.05, 0.1) is 6.61 Å². The van der Waals surface area contributed by atoms with E-state index in [9.17, 15) is 0 Å². The maximum absolute atomic E-state index is 6.13. The van der Waals surface area contributed by atoms with Gasteiger partial charge in [-0.15, -0.1) is 0 Å². The molecular formula is C16H30N4O. The van der Waals surface area contributed by atoms with Gasteiger partial charge in [-0.1, -0.05) is 40.0 Å². The third kappa shape index (κ3) is 6.19. The average Bonchev–Trinajstić information content (AvgIpc) is 2.48. The molecule has 0 saturated heterocycles. The molecule has 0 aliphatic heterocycles. The highest BCUT2D eigenvalue weighted by molar-refractivity contribution is 5.66. The smallest absolute Gasteiger partial charge is 0.242 e. The largest absolute Gasteiger partial charge is 0.476 e. The summed E-state index contributed by atoms with van der Waals surface area (Å²) in [6, 6.07) is 0. The molecule has 120 valence electrons. The van der Waals surface area contributed by atoms with Crippen LogP contribution in [0.1, 0.15) is 65.1 Å². The van der Waals surface area contributed by atoms with Crippen molar-refractivity contribution >= 4 is 11.5 Å². The Hall–Kier alpha value is -1.52. The van der Waals surface area contributed by atoms with Gasteiger partial charge in [-0.2, -0.15) is 4.98 Å². The number of nitrogens with one attached hydrogen (secondary N) is 1. The molecule has 0 aliphatic rings. The number of anilines is 2. The van der Waals surface area contributed by atoms with Gasteiger partial charge in [-0.05, 0) is 19.3 Å². The minimum absolute atomic E-state index is 0.528. The fourth-order valence-corrected chi connectivity index (χ4v) is 1.97. The number of aryl methyl sites for hydroxylation is 1. The summed E-state index contributed by atoms with van der Waals surface area (Å²) in [7, 11) is 0. The van der Waals surface area contributed by atoms with E-state index in [-0.39, 0.29) is 0 Å². The van der Waals surface area contributed by atoms with Gasteiger partial charge in [0.25, 0.3) is 0 Å². The fraction of sp³-hybridized carbons (Fsp3) is 0.750. The SMILES string of the molecule is CCCCCNc1nc(CCC)nc(OCCCC)c1N. The molecule has 3 N–H and O–H groups in total. The molecular weight excluding hydrogens is 264 g/mol. The number of aromatic nitrogens is 2. The first-order valence-corrected chi connectivity index (χ1v) is 8.25. The number of nitrogen functional groups attached to an aromatic ring is 1. The van der Waals surface area contributed by atoms with E-state index in [0.29, 0.717) is 18.2 Å². The summed E-state index contributed by atoms with van der Waals surface area (Å²) in [6.07, 6.45) is 7.48. The maximum atomic E-state index is 6.13. The zero-order chi connectivity index (χ0) is 15.5. The summed E-state index contributed by atoms with van der Waals surface area (Å²) in [4.78, 5) is 8.96. The highest BCUT2D eigenvalue weighted by Gasteiger charge is 2.12. The van der Waals surface area contributed by atoms with E-state index < -0.39 is 0 Å². The lowest BCUT2D eigenvalue weighted by Gasteiger charge is -2.14. The number of rotatable bonds is 11. The van der Waals surface area contributed by atoms with Crippen LogP contribution in [0.5, 0.6) is 5.88 Å². The van der Waals surface area contributed by atoms with E-state index in [1.54, 1.807) is 0 Å². The second-order valence-corrected chi connectivity index (χ2v) is 5.29. The first-order chi connectivity index (χ1) is 10.2. The van der Waals surface area contributed by atoms with Crippen molar-refractivity contribution in [1.82, 2.24) is 9.97 Å². The number of nitrogens with two attached hydrogens (primary N) is 1. The van der Waals surface area contributed by atoms with Crippen molar-refractivity contribution in [3.05, 3.63) is 5.82 Å². The number of nitrogens with zero attached hydrogens (tertiary/aromatic N) is 2. The topological polar surface area (TPSA) is 73.1 Å². The number of hydrogen-bond acceptors (Lipinski definition) is 5. The van der Waals surface area contributed by atoms with Gasteiger partial charge >= 0.3 is 0 Å². The van der Waals surface area contributed by atoms with Gasteiger partial charge in [0, 0.05) is 13.0 Å². The van der Waals surface area contributed by atoms with Crippen LogP contribution in [0.25, 0.3) is 0 Å². The molecule has 0 fully saturated rings. The average molecular weight is 294 g/mol. The monoisotopic (exact) mass is 294 g/mol. The van der Waals surface area contributed by atoms with Crippen molar-refractivity contribution in [1.29, 1.82) is 0 Å². The minimum atomic E-state index is 0.528. The summed E-state index contributed by atoms with van der Waals surface area (Å²) >= 11 is 0. The van der Waals surface area contributed by atoms with Gasteiger partial charge in [0.2, 0.25) is 5.88 Å². The zero-order valence-corrected chi connectivity index (χ0v) is 13.7. The van der Waals surface area contributed by atoms with E-state index in [1.807, 2.05) is 0 Å². The van der Waals surface area contributed by atoms with Crippen molar-refractivity contribution in [2.45, 2.75) is 65.7 Å². The van der Waals surface area contributed by atoms with Gasteiger partial charge < -0.3 is 15.8 Å². The molecule has 0 atom stereocenters. The highest BCUT2D eigenvalue weighted by Crippen LogP contribution is 2.26. The van der Waals surface area contributed by atoms with Crippen molar-refractivity contribution in [3.63, 3.8) is 0 Å². The van der Waals surface area contributed by atoms with Crippen LogP contribution < -0.4 is 15.8 Å². The van der Waals surface area contributed by atoms with Crippen molar-refractivity contribution in [2.75, 3.05) is 24.2 Å². The second-order valence-electron chi connectivity index (χ2n) is 5.29. The van der Waals surface area contributed by atoms with Crippen LogP contribution in [0, 0.1) is 0 Å². The van der Waals surface area contributed by atoms with Crippen LogP contribution >= 0.6 is 0 Å². The van der Waals surface area contributed by atoms with Crippen LogP contribution in [0.3, 0.4) is 0 Å². The second kappa shape index (κ2) is 10.2. The molecule has 1 aromatic heterocycles. The van der Waals surface area contributed by atoms with Gasteiger partial charge in [-0.25, -0.2) is 4.98 Å². The Bertz CT molecular complexity index is 410. The summed E-state index contributed by atoms with van der Waals surface area (Å²) < 4.78 is 5.72. The van der Waals surface area contributed by atoms with Gasteiger partial charge in [0.1, 0.15) is 11.5 Å². The number of hydrogen-bond donors (Lipinski definition) is 2. The van der Waals surface area contributed by atoms with Crippen LogP contribution in [0.4, 0.5) is 11.5 Å². The van der Waals surface area contributed by atoms with Gasteiger partial charge in [0.15, 0.2) is 5.82 Å². The first-order valence-electron chi connectivity index (χ1n) is 8.25. The van der Waals surface area contributed by atoms with Crippen LogP contribution in [-0.4, -0.2) is 23.1 Å². The molecule has 1 heterocycles. The molecule has 5 nitrogen and oxygen atoms in total. The molecule has 0 spiro atoms. The van der Waals surface area contributed by atoms with E-state index in [1.165, 1.54) is 12.8 Å². The third-order valence-electron chi connectivity index (χ3n) is 3.24. The molecule has 0 radical (unpaired) electrons. The summed E-state index contributed by atoms with van der Waals surface area (Å²) in [5, 5.41) is 3.32. The fourth-order valence-electron chi connectivity index (χ4n) is 1.97. The van der Waals surface area contributed by atoms with Crippen molar-refractivity contribution in [2.24, 2.45) is 0 Å². The molecule has 0 saturated carbocycles. The number of ether oxygens (including phenoxy) is 1. The summed E-state index contributed by atoms with van der Waals surface area (Å²) in [6.45, 7) is 7.98. The molecule has 0 aromatic carbocycles. The normalized spacial score (nSPS) is 10.6. The Morgan fingerprint density at radius 1 is 1.00 bits per heavy atom. The molecule has 0 unspecified atom stereocenters. The first kappa shape index (κ1) is 17.5. The van der Waals surface area contributed by atoms with E-state index >= 15 is 0 Å². The standard InChI is InChI=1S/C16H30N4O/c1-4-7-9-11-18-15-14(17)16(21-12-8-5-2)20-13(19-15)10-6-3/h4-12,17H2,1-3H3,(H,18,19,20). The summed E-state index contributed by atoms with van der Waals surface area (Å²) in [5.74, 6) is 2.05. The Kier molecular flexibility index (Phi) is 8.55. The maximum Gasteiger partial charge on any atom is 0.242 e. The number of unbranched alkanes of at least 4 members (excludes halogenated alkanes) is 3. The Balaban J connectivity index is 2.77. The Labute approximate surface area is 128 Å². The predicted octanol–water partition coefficient (Wildman–Crippen LogP) is 3.79. The lowest BCUT2D eigenvalue weighted by atomic mass is 10.2. The lowest BCUT2D eigenvalue weighted by Crippen LogP contribution is -2.12. The lowest BCUT2D eigenvalue weighted by molar-refractivity contribution is 0.298. The minimum Gasteiger partial charge on any atom is -0.476 e. The molecule has 0 bridgehead atoms. The van der Waals surface area contributed by atoms with E-state index in [4.69, 9.17) is 10.5 Å². The Morgan fingerprint density at radius 3 is 2.43 bits per heavy atom. The molecule has 0 amide bonds. The van der Waals surface area contributed by atoms with Crippen LogP contribution in [0.15, 0.2) is 0 Å². The quantitative estimate of drug-likeness (QED) is 0.607. The summed E-state index contributed by atoms with van der Waals surface area (Å²) in [5.41, 5.74) is 6.66. The van der Waals surface area contributed by atoms with E-state index in [0.717, 1.165) is 50.3 Å². The van der Waals surface area contributed by atoms with Crippen LogP contribution in [0.2, 0.25) is 0 Å². The Morgan fingerprint density at radius 2 is 1.76 bits per heavy atom. The molecule has 1 aromatic rings. The zero-order valence-electron chi connectivity index (χ0n) is 13.7. The third-order valence-corrected chi connectivity index (χ3v) is 3.24. The molecule has 1 rings (SSSR count). The molecule has 0 aliphatic carbocycles. The van der Waals surface area contributed by atoms with Gasteiger partial charge in [-0.3, -0.25) is 0 Å².